The van der Waals surface area contributed by atoms with Crippen LogP contribution in [0, 0.1) is 0 Å². The summed E-state index contributed by atoms with van der Waals surface area (Å²) >= 11 is 0. The van der Waals surface area contributed by atoms with Gasteiger partial charge < -0.3 is 9.47 Å². The Kier molecular flexibility index (Phi) is 6.68. The first kappa shape index (κ1) is 21.3. The highest BCUT2D eigenvalue weighted by atomic mass is 16.5. The van der Waals surface area contributed by atoms with Crippen molar-refractivity contribution in [1.82, 2.24) is 0 Å². The highest BCUT2D eigenvalue weighted by Crippen LogP contribution is 2.24. The van der Waals surface area contributed by atoms with E-state index in [1.807, 2.05) is 30.3 Å². The third kappa shape index (κ3) is 5.80. The van der Waals surface area contributed by atoms with Crippen LogP contribution in [-0.2, 0) is 16.8 Å². The van der Waals surface area contributed by atoms with Crippen LogP contribution in [0.1, 0.15) is 52.6 Å². The molecule has 4 nitrogen and oxygen atoms in total. The third-order valence-electron chi connectivity index (χ3n) is 4.75. The van der Waals surface area contributed by atoms with Gasteiger partial charge in [-0.3, -0.25) is 4.79 Å². The number of hydrogen-bond acceptors (Lipinski definition) is 4. The van der Waals surface area contributed by atoms with Gasteiger partial charge in [0.05, 0.1) is 5.56 Å². The van der Waals surface area contributed by atoms with E-state index >= 15 is 0 Å². The molecule has 0 saturated heterocycles. The van der Waals surface area contributed by atoms with E-state index in [0.29, 0.717) is 17.7 Å². The van der Waals surface area contributed by atoms with Gasteiger partial charge >= 0.3 is 5.97 Å². The van der Waals surface area contributed by atoms with Crippen LogP contribution in [0.25, 0.3) is 0 Å². The monoisotopic (exact) mass is 402 g/mol. The van der Waals surface area contributed by atoms with Crippen molar-refractivity contribution in [3.63, 3.8) is 0 Å². The normalized spacial score (nSPS) is 11.0. The average molecular weight is 402 g/mol. The lowest BCUT2D eigenvalue weighted by molar-refractivity contribution is 0.0474. The van der Waals surface area contributed by atoms with Crippen LogP contribution in [0.3, 0.4) is 0 Å². The molecule has 0 aliphatic rings. The molecule has 0 spiro atoms. The third-order valence-corrected chi connectivity index (χ3v) is 4.75. The summed E-state index contributed by atoms with van der Waals surface area (Å²) in [6, 6.07) is 23.8. The molecule has 0 amide bonds. The number of carbonyl (C=O) groups is 2. The minimum Gasteiger partial charge on any atom is -0.489 e. The number of Topliss-reactive ketones (excluding diaryl/α,β-unsaturated/α-hetero) is 1. The summed E-state index contributed by atoms with van der Waals surface area (Å²) in [4.78, 5) is 24.2. The van der Waals surface area contributed by atoms with E-state index in [1.54, 1.807) is 36.4 Å². The second-order valence-electron chi connectivity index (χ2n) is 8.13. The molecule has 4 heteroatoms. The Bertz CT molecular complexity index is 982. The lowest BCUT2D eigenvalue weighted by atomic mass is 9.87. The van der Waals surface area contributed by atoms with Crippen molar-refractivity contribution in [3.8, 4) is 5.75 Å². The summed E-state index contributed by atoms with van der Waals surface area (Å²) in [7, 11) is 0. The van der Waals surface area contributed by atoms with Gasteiger partial charge in [0.1, 0.15) is 12.4 Å². The molecular formula is C26H26O4. The molecule has 154 valence electrons. The Morgan fingerprint density at radius 1 is 0.767 bits per heavy atom. The lowest BCUT2D eigenvalue weighted by Gasteiger charge is -2.19. The highest BCUT2D eigenvalue weighted by molar-refractivity contribution is 5.99. The summed E-state index contributed by atoms with van der Waals surface area (Å²) in [5, 5.41) is 0. The maximum Gasteiger partial charge on any atom is 0.338 e. The van der Waals surface area contributed by atoms with E-state index in [4.69, 9.17) is 9.47 Å². The lowest BCUT2D eigenvalue weighted by Crippen LogP contribution is -2.14. The van der Waals surface area contributed by atoms with Gasteiger partial charge in [0, 0.05) is 5.56 Å². The molecule has 0 aliphatic heterocycles. The van der Waals surface area contributed by atoms with Crippen LogP contribution in [0.4, 0.5) is 0 Å². The van der Waals surface area contributed by atoms with Crippen LogP contribution in [0.5, 0.6) is 5.75 Å². The van der Waals surface area contributed by atoms with Gasteiger partial charge in [-0.15, -0.1) is 0 Å². The molecule has 0 N–H and O–H groups in total. The molecule has 0 fully saturated rings. The molecule has 3 rings (SSSR count). The summed E-state index contributed by atoms with van der Waals surface area (Å²) < 4.78 is 11.0. The second kappa shape index (κ2) is 9.40. The van der Waals surface area contributed by atoms with Crippen LogP contribution >= 0.6 is 0 Å². The van der Waals surface area contributed by atoms with Gasteiger partial charge in [0.2, 0.25) is 0 Å². The van der Waals surface area contributed by atoms with Gasteiger partial charge in [0.15, 0.2) is 12.4 Å². The zero-order valence-corrected chi connectivity index (χ0v) is 17.6. The van der Waals surface area contributed by atoms with Crippen molar-refractivity contribution in [2.24, 2.45) is 0 Å². The van der Waals surface area contributed by atoms with E-state index < -0.39 is 5.97 Å². The summed E-state index contributed by atoms with van der Waals surface area (Å²) in [6.45, 7) is 6.64. The van der Waals surface area contributed by atoms with Crippen molar-refractivity contribution in [2.75, 3.05) is 6.61 Å². The molecular weight excluding hydrogens is 376 g/mol. The summed E-state index contributed by atoms with van der Waals surface area (Å²) in [5.74, 6) is 0.0434. The summed E-state index contributed by atoms with van der Waals surface area (Å²) in [5.41, 5.74) is 3.21. The molecule has 0 unspecified atom stereocenters. The largest absolute Gasteiger partial charge is 0.489 e. The minimum absolute atomic E-state index is 0.106. The molecule has 0 atom stereocenters. The zero-order chi connectivity index (χ0) is 21.6. The Labute approximate surface area is 177 Å². The molecule has 0 bridgehead atoms. The van der Waals surface area contributed by atoms with Crippen LogP contribution in [0.15, 0.2) is 78.9 Å². The van der Waals surface area contributed by atoms with Crippen molar-refractivity contribution in [1.29, 1.82) is 0 Å². The van der Waals surface area contributed by atoms with Crippen molar-refractivity contribution in [2.45, 2.75) is 32.8 Å². The smallest absolute Gasteiger partial charge is 0.338 e. The number of hydrogen-bond donors (Lipinski definition) is 0. The van der Waals surface area contributed by atoms with Gasteiger partial charge in [-0.05, 0) is 40.8 Å². The van der Waals surface area contributed by atoms with Gasteiger partial charge in [-0.1, -0.05) is 75.4 Å². The SMILES string of the molecule is CC(C)(C)c1ccc(OCc2ccc(C(=O)OCC(=O)c3ccccc3)cc2)cc1. The maximum atomic E-state index is 12.2. The van der Waals surface area contributed by atoms with Crippen molar-refractivity contribution >= 4 is 11.8 Å². The molecule has 0 aliphatic carbocycles. The summed E-state index contributed by atoms with van der Waals surface area (Å²) in [6.07, 6.45) is 0. The van der Waals surface area contributed by atoms with Crippen molar-refractivity contribution < 1.29 is 19.1 Å². The Hall–Kier alpha value is -3.40. The molecule has 3 aromatic carbocycles. The first-order valence-corrected chi connectivity index (χ1v) is 9.90. The Morgan fingerprint density at radius 3 is 2.00 bits per heavy atom. The maximum absolute atomic E-state index is 12.2. The van der Waals surface area contributed by atoms with Gasteiger partial charge in [-0.2, -0.15) is 0 Å². The highest BCUT2D eigenvalue weighted by Gasteiger charge is 2.13. The van der Waals surface area contributed by atoms with Gasteiger partial charge in [0.25, 0.3) is 0 Å². The number of ketones is 1. The molecule has 3 aromatic rings. The molecule has 0 aromatic heterocycles. The topological polar surface area (TPSA) is 52.6 Å². The van der Waals surface area contributed by atoms with E-state index in [-0.39, 0.29) is 17.8 Å². The molecule has 30 heavy (non-hydrogen) atoms. The standard InChI is InChI=1S/C26H26O4/c1-26(2,3)22-13-15-23(16-14-22)29-17-19-9-11-21(12-10-19)25(28)30-18-24(27)20-7-5-4-6-8-20/h4-16H,17-18H2,1-3H3. The fraction of sp³-hybridized carbons (Fsp3) is 0.231. The first-order valence-electron chi connectivity index (χ1n) is 9.90. The molecule has 0 radical (unpaired) electrons. The fourth-order valence-electron chi connectivity index (χ4n) is 2.88. The van der Waals surface area contributed by atoms with Gasteiger partial charge in [-0.25, -0.2) is 4.79 Å². The minimum atomic E-state index is -0.524. The first-order chi connectivity index (χ1) is 14.3. The van der Waals surface area contributed by atoms with E-state index in [9.17, 15) is 9.59 Å². The fourth-order valence-corrected chi connectivity index (χ4v) is 2.88. The average Bonchev–Trinajstić information content (AvgIpc) is 2.76. The zero-order valence-electron chi connectivity index (χ0n) is 17.6. The molecule has 0 saturated carbocycles. The van der Waals surface area contributed by atoms with E-state index in [1.165, 1.54) is 5.56 Å². The second-order valence-corrected chi connectivity index (χ2v) is 8.13. The van der Waals surface area contributed by atoms with E-state index in [0.717, 1.165) is 11.3 Å². The predicted molar refractivity (Wildman–Crippen MR) is 117 cm³/mol. The number of ether oxygens (including phenoxy) is 2. The number of benzene rings is 3. The van der Waals surface area contributed by atoms with Crippen LogP contribution in [-0.4, -0.2) is 18.4 Å². The Balaban J connectivity index is 1.50. The number of esters is 1. The quantitative estimate of drug-likeness (QED) is 0.381. The van der Waals surface area contributed by atoms with Crippen molar-refractivity contribution in [3.05, 3.63) is 101 Å². The number of rotatable bonds is 7. The molecule has 0 heterocycles. The van der Waals surface area contributed by atoms with Crippen LogP contribution in [0.2, 0.25) is 0 Å². The Morgan fingerprint density at radius 2 is 1.40 bits per heavy atom. The van der Waals surface area contributed by atoms with E-state index in [2.05, 4.69) is 32.9 Å². The number of carbonyl (C=O) groups excluding carboxylic acids is 2. The van der Waals surface area contributed by atoms with Crippen LogP contribution < -0.4 is 4.74 Å². The predicted octanol–water partition coefficient (Wildman–Crippen LogP) is 5.60.